The van der Waals surface area contributed by atoms with Crippen molar-refractivity contribution >= 4 is 5.97 Å². The van der Waals surface area contributed by atoms with Gasteiger partial charge in [0.15, 0.2) is 0 Å². The smallest absolute Gasteiger partial charge is 0.334 e. The van der Waals surface area contributed by atoms with Crippen LogP contribution in [0.25, 0.3) is 0 Å². The second-order valence-corrected chi connectivity index (χ2v) is 5.29. The van der Waals surface area contributed by atoms with Crippen molar-refractivity contribution in [3.63, 3.8) is 0 Å². The summed E-state index contributed by atoms with van der Waals surface area (Å²) in [7, 11) is 0. The first-order valence-electron chi connectivity index (χ1n) is 6.40. The van der Waals surface area contributed by atoms with Crippen LogP contribution in [0, 0.1) is 5.92 Å². The quantitative estimate of drug-likeness (QED) is 0.407. The second kappa shape index (κ2) is 5.11. The zero-order valence-electron chi connectivity index (χ0n) is 11.0. The van der Waals surface area contributed by atoms with E-state index >= 15 is 0 Å². The molecule has 0 bridgehead atoms. The van der Waals surface area contributed by atoms with E-state index < -0.39 is 6.10 Å². The van der Waals surface area contributed by atoms with Crippen LogP contribution in [0.1, 0.15) is 33.1 Å². The predicted octanol–water partition coefficient (Wildman–Crippen LogP) is 2.52. The molecule has 2 rings (SSSR count). The minimum Gasteiger partial charge on any atom is -0.454 e. The largest absolute Gasteiger partial charge is 0.454 e. The van der Waals surface area contributed by atoms with Gasteiger partial charge in [0.1, 0.15) is 6.10 Å². The van der Waals surface area contributed by atoms with E-state index in [9.17, 15) is 9.90 Å². The van der Waals surface area contributed by atoms with Gasteiger partial charge in [0.2, 0.25) is 0 Å². The van der Waals surface area contributed by atoms with Gasteiger partial charge in [-0.1, -0.05) is 23.8 Å². The molecule has 18 heavy (non-hydrogen) atoms. The van der Waals surface area contributed by atoms with Gasteiger partial charge < -0.3 is 9.84 Å². The average Bonchev–Trinajstić information content (AvgIpc) is 2.53. The fraction of sp³-hybridized carbons (Fsp3) is 0.533. The van der Waals surface area contributed by atoms with E-state index in [1.807, 2.05) is 19.9 Å². The molecule has 0 unspecified atom stereocenters. The van der Waals surface area contributed by atoms with Crippen LogP contribution >= 0.6 is 0 Å². The van der Waals surface area contributed by atoms with Gasteiger partial charge in [-0.25, -0.2) is 4.79 Å². The molecule has 2 aliphatic rings. The fourth-order valence-electron chi connectivity index (χ4n) is 2.65. The van der Waals surface area contributed by atoms with Crippen LogP contribution in [0.15, 0.2) is 35.5 Å². The molecule has 0 aromatic heterocycles. The van der Waals surface area contributed by atoms with Crippen molar-refractivity contribution in [1.29, 1.82) is 0 Å². The first-order valence-corrected chi connectivity index (χ1v) is 6.40. The Morgan fingerprint density at radius 2 is 2.11 bits per heavy atom. The fourth-order valence-corrected chi connectivity index (χ4v) is 2.65. The van der Waals surface area contributed by atoms with E-state index in [1.54, 1.807) is 0 Å². The molecule has 1 N–H and O–H groups in total. The highest BCUT2D eigenvalue weighted by Crippen LogP contribution is 2.34. The number of hydrogen-bond acceptors (Lipinski definition) is 3. The molecule has 1 heterocycles. The molecule has 0 saturated carbocycles. The summed E-state index contributed by atoms with van der Waals surface area (Å²) in [6.07, 6.45) is 5.65. The summed E-state index contributed by atoms with van der Waals surface area (Å²) in [6.45, 7) is 7.81. The van der Waals surface area contributed by atoms with E-state index in [4.69, 9.17) is 4.74 Å². The first-order chi connectivity index (χ1) is 8.49. The molecule has 0 aromatic rings. The number of allylic oxidation sites excluding steroid dienone is 2. The number of aliphatic hydroxyl groups is 1. The Hall–Kier alpha value is -1.35. The van der Waals surface area contributed by atoms with Crippen molar-refractivity contribution < 1.29 is 14.6 Å². The topological polar surface area (TPSA) is 46.5 Å². The van der Waals surface area contributed by atoms with Gasteiger partial charge in [-0.3, -0.25) is 0 Å². The lowest BCUT2D eigenvalue weighted by Gasteiger charge is -2.23. The molecule has 98 valence electrons. The van der Waals surface area contributed by atoms with Gasteiger partial charge in [0.05, 0.1) is 12.0 Å². The molecule has 0 radical (unpaired) electrons. The minimum absolute atomic E-state index is 0.311. The maximum atomic E-state index is 11.6. The molecular formula is C15H20O3. The lowest BCUT2D eigenvalue weighted by Crippen LogP contribution is -2.28. The van der Waals surface area contributed by atoms with Gasteiger partial charge in [-0.2, -0.15) is 0 Å². The molecule has 1 fully saturated rings. The zero-order valence-corrected chi connectivity index (χ0v) is 11.0. The van der Waals surface area contributed by atoms with Gasteiger partial charge >= 0.3 is 5.97 Å². The molecule has 1 saturated heterocycles. The monoisotopic (exact) mass is 248 g/mol. The Kier molecular flexibility index (Phi) is 3.71. The summed E-state index contributed by atoms with van der Waals surface area (Å²) >= 11 is 0. The predicted molar refractivity (Wildman–Crippen MR) is 69.9 cm³/mol. The maximum Gasteiger partial charge on any atom is 0.334 e. The summed E-state index contributed by atoms with van der Waals surface area (Å²) < 4.78 is 5.29. The third kappa shape index (κ3) is 2.56. The highest BCUT2D eigenvalue weighted by Gasteiger charge is 2.41. The Labute approximate surface area is 108 Å². The van der Waals surface area contributed by atoms with Crippen molar-refractivity contribution in [2.24, 2.45) is 5.92 Å². The Balaban J connectivity index is 2.33. The van der Waals surface area contributed by atoms with E-state index in [2.05, 4.69) is 12.7 Å². The summed E-state index contributed by atoms with van der Waals surface area (Å²) in [5.74, 6) is -0.692. The van der Waals surface area contributed by atoms with Gasteiger partial charge in [0.25, 0.3) is 0 Å². The molecule has 0 aromatic carbocycles. The molecule has 0 amide bonds. The molecule has 0 spiro atoms. The normalized spacial score (nSPS) is 39.2. The van der Waals surface area contributed by atoms with Gasteiger partial charge in [-0.15, -0.1) is 0 Å². The molecular weight excluding hydrogens is 228 g/mol. The van der Waals surface area contributed by atoms with Crippen LogP contribution in [0.5, 0.6) is 0 Å². The third-order valence-electron chi connectivity index (χ3n) is 3.69. The Morgan fingerprint density at radius 3 is 2.83 bits per heavy atom. The number of rotatable bonds is 0. The summed E-state index contributed by atoms with van der Waals surface area (Å²) in [4.78, 5) is 11.6. The van der Waals surface area contributed by atoms with E-state index in [-0.39, 0.29) is 18.0 Å². The second-order valence-electron chi connectivity index (χ2n) is 5.29. The number of carbonyl (C=O) groups is 1. The first kappa shape index (κ1) is 13.1. The van der Waals surface area contributed by atoms with Gasteiger partial charge in [-0.05, 0) is 39.2 Å². The van der Waals surface area contributed by atoms with Crippen molar-refractivity contribution in [2.75, 3.05) is 0 Å². The number of esters is 1. The molecule has 1 aliphatic carbocycles. The van der Waals surface area contributed by atoms with Gasteiger partial charge in [0, 0.05) is 5.57 Å². The third-order valence-corrected chi connectivity index (χ3v) is 3.69. The molecule has 3 nitrogen and oxygen atoms in total. The number of hydrogen-bond donors (Lipinski definition) is 1. The van der Waals surface area contributed by atoms with Crippen LogP contribution in [-0.2, 0) is 9.53 Å². The zero-order chi connectivity index (χ0) is 13.3. The maximum absolute atomic E-state index is 11.6. The summed E-state index contributed by atoms with van der Waals surface area (Å²) in [6, 6.07) is 0. The standard InChI is InChI=1S/C15H20O3/c1-9-5-4-6-10(2)8-13-14(12(16)7-9)11(3)15(17)18-13/h5,8,12-14,16H,3-4,6-7H2,1-2H3/b9-5-,10-8-/t12-,13-,14+/m0/s1. The van der Waals surface area contributed by atoms with Crippen molar-refractivity contribution in [3.8, 4) is 0 Å². The van der Waals surface area contributed by atoms with Crippen LogP contribution in [-0.4, -0.2) is 23.3 Å². The highest BCUT2D eigenvalue weighted by molar-refractivity contribution is 5.91. The van der Waals surface area contributed by atoms with Crippen LogP contribution in [0.2, 0.25) is 0 Å². The van der Waals surface area contributed by atoms with Crippen molar-refractivity contribution in [3.05, 3.63) is 35.5 Å². The minimum atomic E-state index is -0.604. The van der Waals surface area contributed by atoms with E-state index in [0.29, 0.717) is 12.0 Å². The van der Waals surface area contributed by atoms with E-state index in [1.165, 1.54) is 5.57 Å². The van der Waals surface area contributed by atoms with Crippen LogP contribution in [0.4, 0.5) is 0 Å². The Morgan fingerprint density at radius 1 is 1.39 bits per heavy atom. The summed E-state index contributed by atoms with van der Waals surface area (Å²) in [5.41, 5.74) is 2.73. The lowest BCUT2D eigenvalue weighted by atomic mass is 9.86. The number of fused-ring (bicyclic) bond motifs is 1. The number of carbonyl (C=O) groups excluding carboxylic acids is 1. The SMILES string of the molecule is C=C1C(=O)O[C@H]2/C=C(/C)CC/C=C(/C)C[C@H](O)[C@@H]12. The number of ether oxygens (including phenoxy) is 1. The lowest BCUT2D eigenvalue weighted by molar-refractivity contribution is -0.137. The van der Waals surface area contributed by atoms with Crippen LogP contribution < -0.4 is 0 Å². The van der Waals surface area contributed by atoms with Crippen molar-refractivity contribution in [2.45, 2.75) is 45.3 Å². The Bertz CT molecular complexity index is 431. The van der Waals surface area contributed by atoms with Crippen LogP contribution in [0.3, 0.4) is 0 Å². The number of aliphatic hydroxyl groups excluding tert-OH is 1. The molecule has 1 aliphatic heterocycles. The summed E-state index contributed by atoms with van der Waals surface area (Å²) in [5, 5.41) is 10.3. The molecule has 3 atom stereocenters. The van der Waals surface area contributed by atoms with E-state index in [0.717, 1.165) is 18.4 Å². The molecule has 3 heteroatoms. The highest BCUT2D eigenvalue weighted by atomic mass is 16.6. The van der Waals surface area contributed by atoms with Crippen molar-refractivity contribution in [1.82, 2.24) is 0 Å². The average molecular weight is 248 g/mol.